The molecule has 0 aromatic heterocycles. The van der Waals surface area contributed by atoms with Gasteiger partial charge in [0.25, 0.3) is 0 Å². The second kappa shape index (κ2) is 6.04. The lowest BCUT2D eigenvalue weighted by Gasteiger charge is -2.40. The zero-order valence-corrected chi connectivity index (χ0v) is 13.5. The van der Waals surface area contributed by atoms with Gasteiger partial charge in [0.05, 0.1) is 16.6 Å². The third-order valence-corrected chi connectivity index (χ3v) is 3.43. The van der Waals surface area contributed by atoms with Gasteiger partial charge in [-0.3, -0.25) is 0 Å². The SMILES string of the molecule is CC(C)(C)OC(=O)N1CC(Nc2ccc(Cl)c(C(=O)O)c2)C1. The van der Waals surface area contributed by atoms with Crippen molar-refractivity contribution >= 4 is 29.4 Å². The molecule has 0 bridgehead atoms. The minimum absolute atomic E-state index is 0.0509. The van der Waals surface area contributed by atoms with E-state index in [9.17, 15) is 9.59 Å². The highest BCUT2D eigenvalue weighted by molar-refractivity contribution is 6.33. The standard InChI is InChI=1S/C15H19ClN2O4/c1-15(2,3)22-14(21)18-7-10(8-18)17-9-4-5-12(16)11(6-9)13(19)20/h4-6,10,17H,7-8H2,1-3H3,(H,19,20). The van der Waals surface area contributed by atoms with E-state index < -0.39 is 11.6 Å². The summed E-state index contributed by atoms with van der Waals surface area (Å²) in [5.74, 6) is -1.07. The Balaban J connectivity index is 1.89. The number of nitrogens with zero attached hydrogens (tertiary/aromatic N) is 1. The fraction of sp³-hybridized carbons (Fsp3) is 0.467. The van der Waals surface area contributed by atoms with Crippen LogP contribution in [-0.2, 0) is 4.74 Å². The highest BCUT2D eigenvalue weighted by Crippen LogP contribution is 2.23. The molecular formula is C15H19ClN2O4. The van der Waals surface area contributed by atoms with E-state index in [4.69, 9.17) is 21.4 Å². The molecule has 2 N–H and O–H groups in total. The van der Waals surface area contributed by atoms with Crippen LogP contribution in [0.5, 0.6) is 0 Å². The number of carboxylic acid groups (broad SMARTS) is 1. The second-order valence-corrected chi connectivity index (χ2v) is 6.63. The average Bonchev–Trinajstić information content (AvgIpc) is 2.32. The molecule has 1 aliphatic heterocycles. The van der Waals surface area contributed by atoms with Crippen molar-refractivity contribution in [1.29, 1.82) is 0 Å². The number of hydrogen-bond acceptors (Lipinski definition) is 4. The first-order chi connectivity index (χ1) is 10.2. The number of carboxylic acids is 1. The lowest BCUT2D eigenvalue weighted by atomic mass is 10.1. The van der Waals surface area contributed by atoms with Gasteiger partial charge < -0.3 is 20.1 Å². The first kappa shape index (κ1) is 16.4. The van der Waals surface area contributed by atoms with Crippen LogP contribution in [0.2, 0.25) is 5.02 Å². The first-order valence-corrected chi connectivity index (χ1v) is 7.31. The molecule has 1 aromatic carbocycles. The molecule has 0 spiro atoms. The first-order valence-electron chi connectivity index (χ1n) is 6.93. The van der Waals surface area contributed by atoms with Gasteiger partial charge in [-0.2, -0.15) is 0 Å². The maximum Gasteiger partial charge on any atom is 0.410 e. The monoisotopic (exact) mass is 326 g/mol. The van der Waals surface area contributed by atoms with Crippen LogP contribution in [0, 0.1) is 0 Å². The van der Waals surface area contributed by atoms with Crippen LogP contribution in [0.25, 0.3) is 0 Å². The van der Waals surface area contributed by atoms with Gasteiger partial charge in [0.2, 0.25) is 0 Å². The maximum absolute atomic E-state index is 11.8. The highest BCUT2D eigenvalue weighted by atomic mass is 35.5. The molecule has 2 rings (SSSR count). The molecule has 0 atom stereocenters. The van der Waals surface area contributed by atoms with Crippen LogP contribution in [0.15, 0.2) is 18.2 Å². The van der Waals surface area contributed by atoms with Crippen molar-refractivity contribution in [2.45, 2.75) is 32.4 Å². The number of likely N-dealkylation sites (tertiary alicyclic amines) is 1. The molecule has 0 saturated carbocycles. The number of rotatable bonds is 3. The number of carbonyl (C=O) groups is 2. The Kier molecular flexibility index (Phi) is 4.51. The highest BCUT2D eigenvalue weighted by Gasteiger charge is 2.33. The number of nitrogens with one attached hydrogen (secondary N) is 1. The van der Waals surface area contributed by atoms with Crippen molar-refractivity contribution in [3.05, 3.63) is 28.8 Å². The van der Waals surface area contributed by atoms with Crippen molar-refractivity contribution < 1.29 is 19.4 Å². The van der Waals surface area contributed by atoms with Gasteiger partial charge in [0.15, 0.2) is 0 Å². The molecule has 120 valence electrons. The van der Waals surface area contributed by atoms with Crippen molar-refractivity contribution in [2.24, 2.45) is 0 Å². The van der Waals surface area contributed by atoms with Gasteiger partial charge in [-0.1, -0.05) is 11.6 Å². The van der Waals surface area contributed by atoms with Crippen LogP contribution < -0.4 is 5.32 Å². The third-order valence-electron chi connectivity index (χ3n) is 3.10. The predicted molar refractivity (Wildman–Crippen MR) is 83.6 cm³/mol. The number of anilines is 1. The van der Waals surface area contributed by atoms with Crippen LogP contribution in [0.1, 0.15) is 31.1 Å². The molecule has 7 heteroatoms. The maximum atomic E-state index is 11.8. The Morgan fingerprint density at radius 2 is 2.00 bits per heavy atom. The van der Waals surface area contributed by atoms with Gasteiger partial charge >= 0.3 is 12.1 Å². The van der Waals surface area contributed by atoms with Gasteiger partial charge in [-0.25, -0.2) is 9.59 Å². The Labute approximate surface area is 134 Å². The largest absolute Gasteiger partial charge is 0.478 e. The van der Waals surface area contributed by atoms with Crippen molar-refractivity contribution in [3.8, 4) is 0 Å². The molecule has 0 aliphatic carbocycles. The average molecular weight is 327 g/mol. The van der Waals surface area contributed by atoms with Gasteiger partial charge in [-0.05, 0) is 39.0 Å². The quantitative estimate of drug-likeness (QED) is 0.892. The Morgan fingerprint density at radius 1 is 1.36 bits per heavy atom. The van der Waals surface area contributed by atoms with Gasteiger partial charge in [-0.15, -0.1) is 0 Å². The Bertz CT molecular complexity index is 592. The van der Waals surface area contributed by atoms with Crippen molar-refractivity contribution in [3.63, 3.8) is 0 Å². The molecule has 1 aromatic rings. The smallest absolute Gasteiger partial charge is 0.410 e. The number of halogens is 1. The molecule has 1 fully saturated rings. The van der Waals surface area contributed by atoms with Crippen LogP contribution in [0.3, 0.4) is 0 Å². The van der Waals surface area contributed by atoms with E-state index in [1.54, 1.807) is 11.0 Å². The fourth-order valence-electron chi connectivity index (χ4n) is 2.06. The molecule has 1 heterocycles. The summed E-state index contributed by atoms with van der Waals surface area (Å²) in [6, 6.07) is 4.80. The fourth-order valence-corrected chi connectivity index (χ4v) is 2.26. The van der Waals surface area contributed by atoms with Gasteiger partial charge in [0, 0.05) is 18.8 Å². The summed E-state index contributed by atoms with van der Waals surface area (Å²) in [6.07, 6.45) is -0.340. The zero-order valence-electron chi connectivity index (χ0n) is 12.7. The van der Waals surface area contributed by atoms with Crippen LogP contribution in [-0.4, -0.2) is 46.8 Å². The molecule has 1 aliphatic rings. The molecule has 22 heavy (non-hydrogen) atoms. The molecule has 1 saturated heterocycles. The number of carbonyl (C=O) groups excluding carboxylic acids is 1. The molecule has 6 nitrogen and oxygen atoms in total. The van der Waals surface area contributed by atoms with E-state index in [-0.39, 0.29) is 22.7 Å². The topological polar surface area (TPSA) is 78.9 Å². The normalized spacial score (nSPS) is 15.2. The van der Waals surface area contributed by atoms with E-state index in [2.05, 4.69) is 5.32 Å². The Hall–Kier alpha value is -1.95. The summed E-state index contributed by atoms with van der Waals surface area (Å²) >= 11 is 5.82. The summed E-state index contributed by atoms with van der Waals surface area (Å²) in [5.41, 5.74) is 0.202. The number of amides is 1. The van der Waals surface area contributed by atoms with E-state index >= 15 is 0 Å². The third kappa shape index (κ3) is 4.04. The summed E-state index contributed by atoms with van der Waals surface area (Å²) in [4.78, 5) is 24.4. The van der Waals surface area contributed by atoms with Crippen molar-refractivity contribution in [2.75, 3.05) is 18.4 Å². The summed E-state index contributed by atoms with van der Waals surface area (Å²) in [7, 11) is 0. The zero-order chi connectivity index (χ0) is 16.5. The molecule has 0 unspecified atom stereocenters. The number of ether oxygens (including phenoxy) is 1. The number of benzene rings is 1. The van der Waals surface area contributed by atoms with E-state index in [1.165, 1.54) is 12.1 Å². The molecular weight excluding hydrogens is 308 g/mol. The predicted octanol–water partition coefficient (Wildman–Crippen LogP) is 3.07. The summed E-state index contributed by atoms with van der Waals surface area (Å²) in [6.45, 7) is 6.49. The van der Waals surface area contributed by atoms with E-state index in [0.717, 1.165) is 0 Å². The van der Waals surface area contributed by atoms with Crippen molar-refractivity contribution in [1.82, 2.24) is 4.90 Å². The van der Waals surface area contributed by atoms with E-state index in [0.29, 0.717) is 18.8 Å². The van der Waals surface area contributed by atoms with Crippen LogP contribution >= 0.6 is 11.6 Å². The lowest BCUT2D eigenvalue weighted by molar-refractivity contribution is 0.0105. The minimum Gasteiger partial charge on any atom is -0.478 e. The molecule has 1 amide bonds. The molecule has 0 radical (unpaired) electrons. The van der Waals surface area contributed by atoms with Gasteiger partial charge in [0.1, 0.15) is 5.60 Å². The minimum atomic E-state index is -1.07. The summed E-state index contributed by atoms with van der Waals surface area (Å²) in [5, 5.41) is 12.4. The number of aromatic carboxylic acids is 1. The Morgan fingerprint density at radius 3 is 2.55 bits per heavy atom. The summed E-state index contributed by atoms with van der Waals surface area (Å²) < 4.78 is 5.27. The van der Waals surface area contributed by atoms with E-state index in [1.807, 2.05) is 20.8 Å². The van der Waals surface area contributed by atoms with Crippen LogP contribution in [0.4, 0.5) is 10.5 Å². The number of hydrogen-bond donors (Lipinski definition) is 2. The second-order valence-electron chi connectivity index (χ2n) is 6.23. The lowest BCUT2D eigenvalue weighted by Crippen LogP contribution is -2.57.